The van der Waals surface area contributed by atoms with Gasteiger partial charge in [-0.25, -0.2) is 9.20 Å². The van der Waals surface area contributed by atoms with Gasteiger partial charge in [0.25, 0.3) is 5.56 Å². The molecule has 2 unspecified atom stereocenters. The largest absolute Gasteiger partial charge is 0.372 e. The monoisotopic (exact) mass is 443 g/mol. The Kier molecular flexibility index (Phi) is 5.50. The summed E-state index contributed by atoms with van der Waals surface area (Å²) in [6.45, 7) is 9.82. The van der Waals surface area contributed by atoms with Crippen LogP contribution in [0, 0.1) is 0 Å². The highest BCUT2D eigenvalue weighted by Crippen LogP contribution is 2.35. The molecule has 1 aliphatic rings. The summed E-state index contributed by atoms with van der Waals surface area (Å²) in [5.41, 5.74) is 5.49. The number of ether oxygens (including phenoxy) is 1. The van der Waals surface area contributed by atoms with Gasteiger partial charge in [-0.05, 0) is 45.9 Å². The lowest BCUT2D eigenvalue weighted by atomic mass is 10.0. The molecule has 5 rings (SSSR count). The maximum atomic E-state index is 12.4. The highest BCUT2D eigenvalue weighted by molar-refractivity contribution is 5.91. The average molecular weight is 444 g/mol. The van der Waals surface area contributed by atoms with Crippen LogP contribution in [0.15, 0.2) is 65.6 Å². The smallest absolute Gasteiger partial charge is 0.267 e. The van der Waals surface area contributed by atoms with Crippen molar-refractivity contribution in [2.75, 3.05) is 18.0 Å². The minimum absolute atomic E-state index is 0.0358. The van der Waals surface area contributed by atoms with E-state index in [9.17, 15) is 4.79 Å². The topological polar surface area (TPSA) is 64.7 Å². The highest BCUT2D eigenvalue weighted by Gasteiger charge is 2.24. The summed E-state index contributed by atoms with van der Waals surface area (Å²) in [6.07, 6.45) is 2.35. The Morgan fingerprint density at radius 1 is 0.970 bits per heavy atom. The highest BCUT2D eigenvalue weighted by atomic mass is 16.5. The number of morpholine rings is 1. The quantitative estimate of drug-likeness (QED) is 0.467. The van der Waals surface area contributed by atoms with Crippen LogP contribution in [0.4, 0.5) is 5.69 Å². The lowest BCUT2D eigenvalue weighted by Crippen LogP contribution is -2.45. The molecule has 3 aromatic heterocycles. The predicted molar refractivity (Wildman–Crippen MR) is 131 cm³/mol. The summed E-state index contributed by atoms with van der Waals surface area (Å²) in [5.74, 6) is 0. The van der Waals surface area contributed by atoms with Crippen LogP contribution in [-0.2, 0) is 4.74 Å². The van der Waals surface area contributed by atoms with Gasteiger partial charge in [0.15, 0.2) is 0 Å². The number of hydrogen-bond acceptors (Lipinski definition) is 5. The Morgan fingerprint density at radius 3 is 2.39 bits per heavy atom. The van der Waals surface area contributed by atoms with Crippen LogP contribution in [-0.4, -0.2) is 44.7 Å². The van der Waals surface area contributed by atoms with E-state index in [1.807, 2.05) is 42.8 Å². The summed E-state index contributed by atoms with van der Waals surface area (Å²) >= 11 is 0. The number of anilines is 1. The third kappa shape index (κ3) is 4.04. The van der Waals surface area contributed by atoms with Gasteiger partial charge in [-0.15, -0.1) is 0 Å². The van der Waals surface area contributed by atoms with Crippen LogP contribution in [0.2, 0.25) is 0 Å². The van der Waals surface area contributed by atoms with E-state index in [1.165, 1.54) is 4.68 Å². The van der Waals surface area contributed by atoms with Gasteiger partial charge in [0.05, 0.1) is 35.0 Å². The zero-order chi connectivity index (χ0) is 23.1. The SMILES string of the molecule is CC1CN(c2ccn3nc(-c4ccccc4)c(-c4ccc(=O)n(C(C)C)n4)c3c2)CC(C)O1. The third-order valence-electron chi connectivity index (χ3n) is 6.02. The number of nitrogens with zero attached hydrogens (tertiary/aromatic N) is 5. The summed E-state index contributed by atoms with van der Waals surface area (Å²) in [4.78, 5) is 14.7. The van der Waals surface area contributed by atoms with Gasteiger partial charge in [-0.1, -0.05) is 30.3 Å². The molecule has 7 nitrogen and oxygen atoms in total. The zero-order valence-electron chi connectivity index (χ0n) is 19.5. The first-order valence-corrected chi connectivity index (χ1v) is 11.5. The van der Waals surface area contributed by atoms with Crippen LogP contribution in [0.5, 0.6) is 0 Å². The number of aromatic nitrogens is 4. The summed E-state index contributed by atoms with van der Waals surface area (Å²) < 4.78 is 9.36. The van der Waals surface area contributed by atoms with E-state index in [4.69, 9.17) is 14.9 Å². The molecule has 1 saturated heterocycles. The normalized spacial score (nSPS) is 18.9. The Hall–Kier alpha value is -3.45. The van der Waals surface area contributed by atoms with Gasteiger partial charge >= 0.3 is 0 Å². The first-order chi connectivity index (χ1) is 15.9. The standard InChI is InChI=1S/C26H29N5O2/c1-17(2)31-24(32)11-10-22(27-31)25-23-14-21(29-15-18(3)33-19(4)16-29)12-13-30(23)28-26(25)20-8-6-5-7-9-20/h5-14,17-19H,15-16H2,1-4H3. The van der Waals surface area contributed by atoms with Crippen LogP contribution in [0.25, 0.3) is 28.0 Å². The van der Waals surface area contributed by atoms with E-state index in [0.29, 0.717) is 0 Å². The minimum atomic E-state index is -0.108. The van der Waals surface area contributed by atoms with Crippen molar-refractivity contribution < 1.29 is 4.74 Å². The van der Waals surface area contributed by atoms with Crippen molar-refractivity contribution in [1.82, 2.24) is 19.4 Å². The van der Waals surface area contributed by atoms with Crippen LogP contribution in [0.1, 0.15) is 33.7 Å². The van der Waals surface area contributed by atoms with Crippen molar-refractivity contribution in [1.29, 1.82) is 0 Å². The van der Waals surface area contributed by atoms with Gasteiger partial charge in [0.1, 0.15) is 5.69 Å². The van der Waals surface area contributed by atoms with E-state index in [2.05, 4.69) is 43.0 Å². The number of fused-ring (bicyclic) bond motifs is 1. The maximum absolute atomic E-state index is 12.4. The summed E-state index contributed by atoms with van der Waals surface area (Å²) in [5, 5.41) is 9.65. The van der Waals surface area contributed by atoms with Gasteiger partial charge < -0.3 is 9.64 Å². The first kappa shape index (κ1) is 21.4. The number of rotatable bonds is 4. The van der Waals surface area contributed by atoms with Crippen LogP contribution < -0.4 is 10.5 Å². The molecule has 0 saturated carbocycles. The second-order valence-corrected chi connectivity index (χ2v) is 9.06. The molecule has 0 N–H and O–H groups in total. The number of pyridine rings is 1. The molecule has 4 heterocycles. The number of hydrogen-bond donors (Lipinski definition) is 0. The van der Waals surface area contributed by atoms with Crippen molar-refractivity contribution in [3.63, 3.8) is 0 Å². The first-order valence-electron chi connectivity index (χ1n) is 11.5. The minimum Gasteiger partial charge on any atom is -0.372 e. The molecule has 1 aliphatic heterocycles. The molecule has 170 valence electrons. The second kappa shape index (κ2) is 8.48. The number of benzene rings is 1. The Morgan fingerprint density at radius 2 is 1.70 bits per heavy atom. The van der Waals surface area contributed by atoms with Gasteiger partial charge in [-0.2, -0.15) is 10.2 Å². The molecule has 1 fully saturated rings. The lowest BCUT2D eigenvalue weighted by molar-refractivity contribution is -0.00521. The predicted octanol–water partition coefficient (Wildman–Crippen LogP) is 4.42. The van der Waals surface area contributed by atoms with E-state index in [1.54, 1.807) is 12.1 Å². The zero-order valence-corrected chi connectivity index (χ0v) is 19.5. The van der Waals surface area contributed by atoms with Crippen molar-refractivity contribution in [2.45, 2.75) is 45.9 Å². The van der Waals surface area contributed by atoms with Gasteiger partial charge in [0.2, 0.25) is 0 Å². The molecular formula is C26H29N5O2. The molecule has 0 aliphatic carbocycles. The van der Waals surface area contributed by atoms with Crippen molar-refractivity contribution in [3.05, 3.63) is 71.1 Å². The Balaban J connectivity index is 1.72. The molecule has 4 aromatic rings. The second-order valence-electron chi connectivity index (χ2n) is 9.06. The molecule has 0 spiro atoms. The molecule has 0 radical (unpaired) electrons. The van der Waals surface area contributed by atoms with E-state index >= 15 is 0 Å². The molecule has 1 aromatic carbocycles. The van der Waals surface area contributed by atoms with E-state index < -0.39 is 0 Å². The molecule has 33 heavy (non-hydrogen) atoms. The Labute approximate surface area is 193 Å². The van der Waals surface area contributed by atoms with E-state index in [0.717, 1.165) is 46.8 Å². The van der Waals surface area contributed by atoms with Crippen molar-refractivity contribution in [3.8, 4) is 22.5 Å². The van der Waals surface area contributed by atoms with Crippen LogP contribution >= 0.6 is 0 Å². The van der Waals surface area contributed by atoms with Crippen molar-refractivity contribution >= 4 is 11.2 Å². The van der Waals surface area contributed by atoms with E-state index in [-0.39, 0.29) is 23.8 Å². The average Bonchev–Trinajstić information content (AvgIpc) is 3.18. The lowest BCUT2D eigenvalue weighted by Gasteiger charge is -2.36. The van der Waals surface area contributed by atoms with Gasteiger partial charge in [-0.3, -0.25) is 4.79 Å². The van der Waals surface area contributed by atoms with Crippen molar-refractivity contribution in [2.24, 2.45) is 0 Å². The fourth-order valence-electron chi connectivity index (χ4n) is 4.60. The fraction of sp³-hybridized carbons (Fsp3) is 0.346. The van der Waals surface area contributed by atoms with Gasteiger partial charge in [0, 0.05) is 36.6 Å². The fourth-order valence-corrected chi connectivity index (χ4v) is 4.60. The summed E-state index contributed by atoms with van der Waals surface area (Å²) in [7, 11) is 0. The Bertz CT molecular complexity index is 1330. The molecule has 0 bridgehead atoms. The molecular weight excluding hydrogens is 414 g/mol. The third-order valence-corrected chi connectivity index (χ3v) is 6.02. The summed E-state index contributed by atoms with van der Waals surface area (Å²) in [6, 6.07) is 17.7. The van der Waals surface area contributed by atoms with Crippen LogP contribution in [0.3, 0.4) is 0 Å². The molecule has 2 atom stereocenters. The molecule has 0 amide bonds. The maximum Gasteiger partial charge on any atom is 0.267 e. The molecule has 7 heteroatoms.